The Bertz CT molecular complexity index is 1140. The van der Waals surface area contributed by atoms with E-state index in [0.717, 1.165) is 59.3 Å². The largest absolute Gasteiger partial charge is 0.427 e. The lowest BCUT2D eigenvalue weighted by molar-refractivity contribution is 0.0578. The SMILES string of the molecule is CCCCCc1nnn2c1/C=C(/C1CCCCC1)OC(=O)c1cc3ccccc3cc1-2. The highest BCUT2D eigenvalue weighted by atomic mass is 16.5. The van der Waals surface area contributed by atoms with Crippen molar-refractivity contribution in [3.8, 4) is 5.69 Å². The lowest BCUT2D eigenvalue weighted by atomic mass is 9.87. The van der Waals surface area contributed by atoms with Crippen molar-refractivity contribution in [3.63, 3.8) is 0 Å². The predicted molar refractivity (Wildman–Crippen MR) is 122 cm³/mol. The van der Waals surface area contributed by atoms with Gasteiger partial charge in [-0.25, -0.2) is 9.48 Å². The number of ether oxygens (including phenoxy) is 1. The Labute approximate surface area is 183 Å². The van der Waals surface area contributed by atoms with Gasteiger partial charge in [-0.05, 0) is 48.6 Å². The molecule has 2 aromatic carbocycles. The molecule has 5 rings (SSSR count). The molecule has 1 aliphatic heterocycles. The summed E-state index contributed by atoms with van der Waals surface area (Å²) in [6, 6.07) is 12.0. The third kappa shape index (κ3) is 3.89. The topological polar surface area (TPSA) is 57.0 Å². The maximum atomic E-state index is 13.3. The van der Waals surface area contributed by atoms with E-state index >= 15 is 0 Å². The molecule has 1 fully saturated rings. The van der Waals surface area contributed by atoms with Crippen LogP contribution in [0.4, 0.5) is 0 Å². The first-order valence-corrected chi connectivity index (χ1v) is 11.7. The fraction of sp³-hybridized carbons (Fsp3) is 0.423. The molecule has 1 aromatic heterocycles. The molecule has 3 aromatic rings. The minimum Gasteiger partial charge on any atom is -0.427 e. The van der Waals surface area contributed by atoms with E-state index in [2.05, 4.69) is 23.3 Å². The highest BCUT2D eigenvalue weighted by molar-refractivity contribution is 6.00. The highest BCUT2D eigenvalue weighted by Gasteiger charge is 2.28. The van der Waals surface area contributed by atoms with Gasteiger partial charge in [-0.1, -0.05) is 68.5 Å². The summed E-state index contributed by atoms with van der Waals surface area (Å²) in [6.45, 7) is 2.21. The Morgan fingerprint density at radius 3 is 2.61 bits per heavy atom. The second-order valence-electron chi connectivity index (χ2n) is 8.78. The lowest BCUT2D eigenvalue weighted by Gasteiger charge is -2.25. The van der Waals surface area contributed by atoms with E-state index in [1.165, 1.54) is 32.1 Å². The van der Waals surface area contributed by atoms with Crippen molar-refractivity contribution in [3.05, 3.63) is 59.1 Å². The van der Waals surface area contributed by atoms with E-state index in [4.69, 9.17) is 4.74 Å². The summed E-state index contributed by atoms with van der Waals surface area (Å²) < 4.78 is 7.92. The number of fused-ring (bicyclic) bond motifs is 4. The molecule has 0 bridgehead atoms. The van der Waals surface area contributed by atoms with E-state index in [1.807, 2.05) is 41.1 Å². The van der Waals surface area contributed by atoms with Gasteiger partial charge in [0.05, 0.1) is 22.6 Å². The number of carbonyl (C=O) groups is 1. The van der Waals surface area contributed by atoms with Crippen LogP contribution in [-0.2, 0) is 11.2 Å². The van der Waals surface area contributed by atoms with Crippen molar-refractivity contribution in [2.24, 2.45) is 5.92 Å². The van der Waals surface area contributed by atoms with Crippen molar-refractivity contribution in [1.29, 1.82) is 0 Å². The third-order valence-corrected chi connectivity index (χ3v) is 6.61. The summed E-state index contributed by atoms with van der Waals surface area (Å²) in [7, 11) is 0. The number of hydrogen-bond acceptors (Lipinski definition) is 4. The van der Waals surface area contributed by atoms with Crippen molar-refractivity contribution in [1.82, 2.24) is 15.0 Å². The van der Waals surface area contributed by atoms with Crippen LogP contribution in [-0.4, -0.2) is 21.0 Å². The summed E-state index contributed by atoms with van der Waals surface area (Å²) in [5.41, 5.74) is 3.23. The Hall–Kier alpha value is -2.95. The van der Waals surface area contributed by atoms with Crippen LogP contribution in [0, 0.1) is 5.92 Å². The van der Waals surface area contributed by atoms with Crippen LogP contribution in [0.1, 0.15) is 80.0 Å². The summed E-state index contributed by atoms with van der Waals surface area (Å²) >= 11 is 0. The van der Waals surface area contributed by atoms with Gasteiger partial charge in [0, 0.05) is 12.0 Å². The van der Waals surface area contributed by atoms with Crippen molar-refractivity contribution < 1.29 is 9.53 Å². The van der Waals surface area contributed by atoms with Crippen LogP contribution in [0.15, 0.2) is 42.2 Å². The second kappa shape index (κ2) is 8.66. The molecule has 0 atom stereocenters. The Balaban J connectivity index is 1.67. The fourth-order valence-corrected chi connectivity index (χ4v) is 4.84. The minimum atomic E-state index is -0.300. The number of hydrogen-bond donors (Lipinski definition) is 0. The van der Waals surface area contributed by atoms with Crippen molar-refractivity contribution >= 4 is 22.8 Å². The van der Waals surface area contributed by atoms with Gasteiger partial charge in [0.1, 0.15) is 5.76 Å². The second-order valence-corrected chi connectivity index (χ2v) is 8.78. The maximum Gasteiger partial charge on any atom is 0.345 e. The molecule has 0 saturated heterocycles. The van der Waals surface area contributed by atoms with Crippen LogP contribution in [0.3, 0.4) is 0 Å². The minimum absolute atomic E-state index is 0.284. The first kappa shape index (κ1) is 20.0. The van der Waals surface area contributed by atoms with Crippen LogP contribution >= 0.6 is 0 Å². The zero-order chi connectivity index (χ0) is 21.2. The van der Waals surface area contributed by atoms with Crippen LogP contribution < -0.4 is 0 Å². The average molecular weight is 416 g/mol. The van der Waals surface area contributed by atoms with E-state index in [9.17, 15) is 4.79 Å². The van der Waals surface area contributed by atoms with E-state index in [0.29, 0.717) is 5.56 Å². The summed E-state index contributed by atoms with van der Waals surface area (Å²) in [4.78, 5) is 13.3. The van der Waals surface area contributed by atoms with Gasteiger partial charge < -0.3 is 4.74 Å². The zero-order valence-corrected chi connectivity index (χ0v) is 18.1. The highest BCUT2D eigenvalue weighted by Crippen LogP contribution is 2.35. The van der Waals surface area contributed by atoms with Crippen LogP contribution in [0.25, 0.3) is 22.5 Å². The van der Waals surface area contributed by atoms with E-state index in [1.54, 1.807) is 0 Å². The molecule has 0 spiro atoms. The number of cyclic esters (lactones) is 1. The standard InChI is InChI=1S/C26H29N3O2/c1-2-3-5-14-22-24-17-25(18-10-6-4-7-11-18)31-26(30)21-15-19-12-8-9-13-20(19)16-23(21)29(24)28-27-22/h8-9,12-13,15-18H,2-7,10-11,14H2,1H3/b25-17-. The smallest absolute Gasteiger partial charge is 0.345 e. The van der Waals surface area contributed by atoms with Gasteiger partial charge in [-0.2, -0.15) is 0 Å². The monoisotopic (exact) mass is 415 g/mol. The Morgan fingerprint density at radius 1 is 1.06 bits per heavy atom. The van der Waals surface area contributed by atoms with Gasteiger partial charge in [-0.15, -0.1) is 5.10 Å². The van der Waals surface area contributed by atoms with Crippen molar-refractivity contribution in [2.45, 2.75) is 64.7 Å². The molecule has 0 unspecified atom stereocenters. The zero-order valence-electron chi connectivity index (χ0n) is 18.1. The first-order chi connectivity index (χ1) is 15.2. The van der Waals surface area contributed by atoms with Gasteiger partial charge in [-0.3, -0.25) is 0 Å². The number of unbranched alkanes of at least 4 members (excludes halogenated alkanes) is 2. The molecule has 0 radical (unpaired) electrons. The molecule has 1 aliphatic carbocycles. The summed E-state index contributed by atoms with van der Waals surface area (Å²) in [5, 5.41) is 11.1. The molecule has 0 amide bonds. The number of carbonyl (C=O) groups excluding carboxylic acids is 1. The number of esters is 1. The number of nitrogens with zero attached hydrogens (tertiary/aromatic N) is 3. The summed E-state index contributed by atoms with van der Waals surface area (Å²) in [6.07, 6.45) is 12.1. The van der Waals surface area contributed by atoms with E-state index in [-0.39, 0.29) is 11.9 Å². The molecule has 5 nitrogen and oxygen atoms in total. The van der Waals surface area contributed by atoms with Crippen LogP contribution in [0.2, 0.25) is 0 Å². The Kier molecular flexibility index (Phi) is 5.58. The van der Waals surface area contributed by atoms with Crippen molar-refractivity contribution in [2.75, 3.05) is 0 Å². The van der Waals surface area contributed by atoms with Gasteiger partial charge in [0.15, 0.2) is 0 Å². The van der Waals surface area contributed by atoms with Crippen LogP contribution in [0.5, 0.6) is 0 Å². The normalized spacial score (nSPS) is 18.5. The third-order valence-electron chi connectivity index (χ3n) is 6.61. The quantitative estimate of drug-likeness (QED) is 0.365. The molecule has 5 heteroatoms. The Morgan fingerprint density at radius 2 is 1.84 bits per heavy atom. The number of aryl methyl sites for hydroxylation is 1. The van der Waals surface area contributed by atoms with E-state index < -0.39 is 0 Å². The lowest BCUT2D eigenvalue weighted by Crippen LogP contribution is -2.19. The van der Waals surface area contributed by atoms with Gasteiger partial charge in [0.25, 0.3) is 0 Å². The molecule has 2 aliphatic rings. The number of rotatable bonds is 5. The molecular weight excluding hydrogens is 386 g/mol. The maximum absolute atomic E-state index is 13.3. The average Bonchev–Trinajstić information content (AvgIpc) is 3.19. The first-order valence-electron chi connectivity index (χ1n) is 11.7. The molecule has 160 valence electrons. The van der Waals surface area contributed by atoms with Gasteiger partial charge >= 0.3 is 5.97 Å². The number of benzene rings is 2. The predicted octanol–water partition coefficient (Wildman–Crippen LogP) is 6.24. The summed E-state index contributed by atoms with van der Waals surface area (Å²) in [5.74, 6) is 0.765. The number of aromatic nitrogens is 3. The molecule has 0 N–H and O–H groups in total. The molecule has 2 heterocycles. The fourth-order valence-electron chi connectivity index (χ4n) is 4.84. The van der Waals surface area contributed by atoms with Gasteiger partial charge in [0.2, 0.25) is 0 Å². The number of allylic oxidation sites excluding steroid dienone is 1. The molecule has 1 saturated carbocycles. The molecular formula is C26H29N3O2. The molecule has 31 heavy (non-hydrogen) atoms.